The van der Waals surface area contributed by atoms with Gasteiger partial charge in [-0.25, -0.2) is 0 Å². The summed E-state index contributed by atoms with van der Waals surface area (Å²) in [5, 5.41) is 2.72. The highest BCUT2D eigenvalue weighted by Crippen LogP contribution is 2.28. The molecule has 0 atom stereocenters. The summed E-state index contributed by atoms with van der Waals surface area (Å²) in [5.74, 6) is 1.02. The third kappa shape index (κ3) is 6.62. The molecule has 5 nitrogen and oxygen atoms in total. The summed E-state index contributed by atoms with van der Waals surface area (Å²) >= 11 is 0. The van der Waals surface area contributed by atoms with Gasteiger partial charge in [-0.05, 0) is 48.4 Å². The summed E-state index contributed by atoms with van der Waals surface area (Å²) < 4.78 is 39.2. The van der Waals surface area contributed by atoms with Crippen molar-refractivity contribution in [3.8, 4) is 17.2 Å². The van der Waals surface area contributed by atoms with Gasteiger partial charge < -0.3 is 19.5 Å². The highest BCUT2D eigenvalue weighted by molar-refractivity contribution is 5.91. The second-order valence-electron chi connectivity index (χ2n) is 5.42. The maximum atomic E-state index is 12.1. The minimum atomic E-state index is -2.86. The SMILES string of the molecule is CCOc1cc(/C=C/C(=O)NCc2ccc(OC(F)F)cc2)ccc1OC. The molecule has 0 spiro atoms. The van der Waals surface area contributed by atoms with Crippen molar-refractivity contribution >= 4 is 12.0 Å². The molecular formula is C20H21F2NO4. The Morgan fingerprint density at radius 1 is 1.15 bits per heavy atom. The van der Waals surface area contributed by atoms with Crippen molar-refractivity contribution in [3.63, 3.8) is 0 Å². The van der Waals surface area contributed by atoms with Crippen LogP contribution in [-0.4, -0.2) is 26.2 Å². The summed E-state index contributed by atoms with van der Waals surface area (Å²) in [7, 11) is 1.56. The number of carbonyl (C=O) groups is 1. The minimum Gasteiger partial charge on any atom is -0.493 e. The lowest BCUT2D eigenvalue weighted by Gasteiger charge is -2.09. The Bertz CT molecular complexity index is 776. The second-order valence-corrected chi connectivity index (χ2v) is 5.42. The van der Waals surface area contributed by atoms with Gasteiger partial charge in [0.2, 0.25) is 5.91 Å². The molecule has 0 bridgehead atoms. The quantitative estimate of drug-likeness (QED) is 0.671. The first-order valence-electron chi connectivity index (χ1n) is 8.32. The monoisotopic (exact) mass is 377 g/mol. The molecule has 27 heavy (non-hydrogen) atoms. The first-order chi connectivity index (χ1) is 13.0. The van der Waals surface area contributed by atoms with Crippen molar-refractivity contribution in [1.29, 1.82) is 0 Å². The van der Waals surface area contributed by atoms with Crippen LogP contribution in [0.1, 0.15) is 18.1 Å². The summed E-state index contributed by atoms with van der Waals surface area (Å²) in [5.41, 5.74) is 1.56. The van der Waals surface area contributed by atoms with Crippen LogP contribution < -0.4 is 19.5 Å². The van der Waals surface area contributed by atoms with E-state index >= 15 is 0 Å². The van der Waals surface area contributed by atoms with E-state index in [2.05, 4.69) is 10.1 Å². The Kier molecular flexibility index (Phi) is 7.61. The molecule has 1 N–H and O–H groups in total. The molecule has 0 aliphatic rings. The van der Waals surface area contributed by atoms with Crippen molar-refractivity contribution in [2.75, 3.05) is 13.7 Å². The van der Waals surface area contributed by atoms with Crippen LogP contribution in [0, 0.1) is 0 Å². The van der Waals surface area contributed by atoms with Crippen molar-refractivity contribution in [2.24, 2.45) is 0 Å². The number of ether oxygens (including phenoxy) is 3. The largest absolute Gasteiger partial charge is 0.493 e. The van der Waals surface area contributed by atoms with E-state index in [1.807, 2.05) is 13.0 Å². The van der Waals surface area contributed by atoms with E-state index in [1.54, 1.807) is 37.5 Å². The number of hydrogen-bond donors (Lipinski definition) is 1. The van der Waals surface area contributed by atoms with Gasteiger partial charge in [0.25, 0.3) is 0 Å². The number of methoxy groups -OCH3 is 1. The zero-order valence-electron chi connectivity index (χ0n) is 15.1. The second kappa shape index (κ2) is 10.2. The van der Waals surface area contributed by atoms with Gasteiger partial charge in [-0.15, -0.1) is 0 Å². The molecule has 1 amide bonds. The predicted molar refractivity (Wildman–Crippen MR) is 98.1 cm³/mol. The fourth-order valence-corrected chi connectivity index (χ4v) is 2.27. The van der Waals surface area contributed by atoms with Gasteiger partial charge >= 0.3 is 6.61 Å². The van der Waals surface area contributed by atoms with Gasteiger partial charge in [0.05, 0.1) is 13.7 Å². The van der Waals surface area contributed by atoms with Crippen molar-refractivity contribution in [1.82, 2.24) is 5.32 Å². The van der Waals surface area contributed by atoms with Crippen LogP contribution in [0.3, 0.4) is 0 Å². The lowest BCUT2D eigenvalue weighted by atomic mass is 10.2. The molecule has 2 aromatic rings. The highest BCUT2D eigenvalue weighted by Gasteiger charge is 2.05. The highest BCUT2D eigenvalue weighted by atomic mass is 19.3. The van der Waals surface area contributed by atoms with Crippen LogP contribution in [0.25, 0.3) is 6.08 Å². The minimum absolute atomic E-state index is 0.0737. The van der Waals surface area contributed by atoms with Crippen LogP contribution in [0.2, 0.25) is 0 Å². The van der Waals surface area contributed by atoms with E-state index < -0.39 is 6.61 Å². The summed E-state index contributed by atoms with van der Waals surface area (Å²) in [6, 6.07) is 11.4. The molecule has 0 unspecified atom stereocenters. The first kappa shape index (κ1) is 20.2. The smallest absolute Gasteiger partial charge is 0.387 e. The lowest BCUT2D eigenvalue weighted by Crippen LogP contribution is -2.20. The van der Waals surface area contributed by atoms with E-state index in [0.29, 0.717) is 18.1 Å². The number of benzene rings is 2. The number of alkyl halides is 2. The third-order valence-electron chi connectivity index (χ3n) is 3.53. The normalized spacial score (nSPS) is 10.9. The number of hydrogen-bond acceptors (Lipinski definition) is 4. The number of amides is 1. The van der Waals surface area contributed by atoms with Crippen LogP contribution in [-0.2, 0) is 11.3 Å². The van der Waals surface area contributed by atoms with Crippen LogP contribution in [0.4, 0.5) is 8.78 Å². The van der Waals surface area contributed by atoms with E-state index in [-0.39, 0.29) is 18.2 Å². The predicted octanol–water partition coefficient (Wildman–Crippen LogP) is 4.02. The first-order valence-corrected chi connectivity index (χ1v) is 8.32. The Labute approximate surface area is 156 Å². The molecule has 0 fully saturated rings. The number of carbonyl (C=O) groups excluding carboxylic acids is 1. The molecule has 0 aromatic heterocycles. The molecule has 0 saturated heterocycles. The van der Waals surface area contributed by atoms with E-state index in [1.165, 1.54) is 18.2 Å². The zero-order chi connectivity index (χ0) is 19.6. The van der Waals surface area contributed by atoms with E-state index in [9.17, 15) is 13.6 Å². The summed E-state index contributed by atoms with van der Waals surface area (Å²) in [6.45, 7) is -0.209. The fourth-order valence-electron chi connectivity index (χ4n) is 2.27. The average molecular weight is 377 g/mol. The maximum Gasteiger partial charge on any atom is 0.387 e. The lowest BCUT2D eigenvalue weighted by molar-refractivity contribution is -0.116. The number of nitrogens with one attached hydrogen (secondary N) is 1. The third-order valence-corrected chi connectivity index (χ3v) is 3.53. The molecule has 144 valence electrons. The number of rotatable bonds is 9. The fraction of sp³-hybridized carbons (Fsp3) is 0.250. The molecule has 0 radical (unpaired) electrons. The van der Waals surface area contributed by atoms with Crippen LogP contribution in [0.5, 0.6) is 17.2 Å². The van der Waals surface area contributed by atoms with Gasteiger partial charge in [0.1, 0.15) is 5.75 Å². The van der Waals surface area contributed by atoms with Gasteiger partial charge in [-0.1, -0.05) is 18.2 Å². The van der Waals surface area contributed by atoms with Gasteiger partial charge in [0.15, 0.2) is 11.5 Å². The Morgan fingerprint density at radius 3 is 2.52 bits per heavy atom. The summed E-state index contributed by atoms with van der Waals surface area (Å²) in [4.78, 5) is 12.0. The molecule has 0 saturated carbocycles. The molecule has 7 heteroatoms. The molecule has 2 rings (SSSR count). The van der Waals surface area contributed by atoms with Gasteiger partial charge in [-0.3, -0.25) is 4.79 Å². The van der Waals surface area contributed by atoms with Crippen LogP contribution in [0.15, 0.2) is 48.5 Å². The van der Waals surface area contributed by atoms with Crippen molar-refractivity contribution in [3.05, 3.63) is 59.7 Å². The molecule has 0 aliphatic carbocycles. The Hall–Kier alpha value is -3.09. The van der Waals surface area contributed by atoms with Crippen molar-refractivity contribution < 1.29 is 27.8 Å². The molecule has 0 heterocycles. The van der Waals surface area contributed by atoms with E-state index in [4.69, 9.17) is 9.47 Å². The average Bonchev–Trinajstić information content (AvgIpc) is 2.66. The number of halogens is 2. The Balaban J connectivity index is 1.90. The van der Waals surface area contributed by atoms with Crippen LogP contribution >= 0.6 is 0 Å². The molecular weight excluding hydrogens is 356 g/mol. The Morgan fingerprint density at radius 2 is 1.89 bits per heavy atom. The van der Waals surface area contributed by atoms with E-state index in [0.717, 1.165) is 11.1 Å². The van der Waals surface area contributed by atoms with Crippen molar-refractivity contribution in [2.45, 2.75) is 20.1 Å². The standard InChI is InChI=1S/C20H21F2NO4/c1-3-26-18-12-14(6-10-17(18)25-2)7-11-19(24)23-13-15-4-8-16(9-5-15)27-20(21)22/h4-12,20H,3,13H2,1-2H3,(H,23,24)/b11-7+. The van der Waals surface area contributed by atoms with Gasteiger partial charge in [-0.2, -0.15) is 8.78 Å². The molecule has 0 aliphatic heterocycles. The topological polar surface area (TPSA) is 56.8 Å². The van der Waals surface area contributed by atoms with Gasteiger partial charge in [0, 0.05) is 12.6 Å². The zero-order valence-corrected chi connectivity index (χ0v) is 15.1. The summed E-state index contributed by atoms with van der Waals surface area (Å²) in [6.07, 6.45) is 3.07. The maximum absolute atomic E-state index is 12.1. The molecule has 2 aromatic carbocycles.